The highest BCUT2D eigenvalue weighted by Gasteiger charge is 2.17. The molecule has 3 N–H and O–H groups in total. The van der Waals surface area contributed by atoms with Gasteiger partial charge in [0.15, 0.2) is 0 Å². The van der Waals surface area contributed by atoms with Crippen molar-refractivity contribution in [2.45, 2.75) is 19.9 Å². The van der Waals surface area contributed by atoms with Crippen LogP contribution in [-0.4, -0.2) is 17.0 Å². The Balaban J connectivity index is 2.48. The monoisotopic (exact) mass is 242 g/mol. The van der Waals surface area contributed by atoms with Gasteiger partial charge in [0.2, 0.25) is 0 Å². The number of pyridine rings is 2. The van der Waals surface area contributed by atoms with E-state index in [-0.39, 0.29) is 6.04 Å². The van der Waals surface area contributed by atoms with Crippen molar-refractivity contribution in [2.24, 2.45) is 0 Å². The zero-order valence-corrected chi connectivity index (χ0v) is 10.9. The smallest absolute Gasteiger partial charge is 0.128 e. The van der Waals surface area contributed by atoms with Crippen LogP contribution in [-0.2, 0) is 0 Å². The Bertz CT molecular complexity index is 551. The third-order valence-corrected chi connectivity index (χ3v) is 2.92. The lowest BCUT2D eigenvalue weighted by molar-refractivity contribution is 0.669. The van der Waals surface area contributed by atoms with E-state index >= 15 is 0 Å². The maximum Gasteiger partial charge on any atom is 0.128 e. The predicted octanol–water partition coefficient (Wildman–Crippen LogP) is 1.98. The minimum atomic E-state index is -0.0303. The minimum absolute atomic E-state index is 0.0303. The fourth-order valence-electron chi connectivity index (χ4n) is 2.01. The molecule has 0 amide bonds. The highest BCUT2D eigenvalue weighted by atomic mass is 14.9. The number of nitrogens with zero attached hydrogens (tertiary/aromatic N) is 2. The largest absolute Gasteiger partial charge is 0.383 e. The van der Waals surface area contributed by atoms with E-state index in [2.05, 4.69) is 28.3 Å². The quantitative estimate of drug-likeness (QED) is 0.864. The number of hydrogen-bond acceptors (Lipinski definition) is 4. The van der Waals surface area contributed by atoms with Gasteiger partial charge < -0.3 is 11.1 Å². The molecule has 2 heterocycles. The van der Waals surface area contributed by atoms with Gasteiger partial charge in [-0.3, -0.25) is 4.98 Å². The Hall–Kier alpha value is -1.94. The van der Waals surface area contributed by atoms with Gasteiger partial charge in [0.1, 0.15) is 5.82 Å². The SMILES string of the molecule is CNC(c1cc(C)ccn1)c1cc(C)cnc1N. The highest BCUT2D eigenvalue weighted by molar-refractivity contribution is 5.46. The van der Waals surface area contributed by atoms with Crippen molar-refractivity contribution in [3.63, 3.8) is 0 Å². The van der Waals surface area contributed by atoms with Crippen LogP contribution < -0.4 is 11.1 Å². The van der Waals surface area contributed by atoms with Crippen molar-refractivity contribution in [1.82, 2.24) is 15.3 Å². The van der Waals surface area contributed by atoms with Crippen molar-refractivity contribution in [1.29, 1.82) is 0 Å². The van der Waals surface area contributed by atoms with E-state index < -0.39 is 0 Å². The molecule has 0 aromatic carbocycles. The van der Waals surface area contributed by atoms with Gasteiger partial charge in [-0.05, 0) is 50.2 Å². The second kappa shape index (κ2) is 5.14. The predicted molar refractivity (Wildman–Crippen MR) is 73.3 cm³/mol. The molecular weight excluding hydrogens is 224 g/mol. The molecule has 2 aromatic rings. The minimum Gasteiger partial charge on any atom is -0.383 e. The van der Waals surface area contributed by atoms with Crippen LogP contribution in [0.2, 0.25) is 0 Å². The first-order chi connectivity index (χ1) is 8.61. The normalized spacial score (nSPS) is 12.4. The summed E-state index contributed by atoms with van der Waals surface area (Å²) in [5.74, 6) is 0.545. The van der Waals surface area contributed by atoms with Gasteiger partial charge >= 0.3 is 0 Å². The molecule has 2 aromatic heterocycles. The fraction of sp³-hybridized carbons (Fsp3) is 0.286. The first-order valence-electron chi connectivity index (χ1n) is 5.93. The van der Waals surface area contributed by atoms with E-state index in [4.69, 9.17) is 5.73 Å². The summed E-state index contributed by atoms with van der Waals surface area (Å²) in [6.45, 7) is 4.06. The van der Waals surface area contributed by atoms with Crippen molar-refractivity contribution in [3.05, 3.63) is 53.0 Å². The van der Waals surface area contributed by atoms with E-state index in [1.54, 1.807) is 6.20 Å². The van der Waals surface area contributed by atoms with E-state index in [1.165, 1.54) is 5.56 Å². The summed E-state index contributed by atoms with van der Waals surface area (Å²) in [6.07, 6.45) is 3.59. The molecule has 0 aliphatic rings. The van der Waals surface area contributed by atoms with E-state index in [9.17, 15) is 0 Å². The summed E-state index contributed by atoms with van der Waals surface area (Å²) in [5, 5.41) is 3.25. The Labute approximate surface area is 107 Å². The van der Waals surface area contributed by atoms with Crippen LogP contribution in [0, 0.1) is 13.8 Å². The molecular formula is C14H18N4. The summed E-state index contributed by atoms with van der Waals surface area (Å²) in [4.78, 5) is 8.62. The van der Waals surface area contributed by atoms with Crippen LogP contribution in [0.15, 0.2) is 30.6 Å². The van der Waals surface area contributed by atoms with Crippen molar-refractivity contribution in [3.8, 4) is 0 Å². The molecule has 2 rings (SSSR count). The van der Waals surface area contributed by atoms with Crippen LogP contribution in [0.1, 0.15) is 28.4 Å². The number of nitrogens with one attached hydrogen (secondary N) is 1. The van der Waals surface area contributed by atoms with Gasteiger partial charge in [-0.15, -0.1) is 0 Å². The lowest BCUT2D eigenvalue weighted by Gasteiger charge is -2.18. The number of nitrogens with two attached hydrogens (primary N) is 1. The third kappa shape index (κ3) is 2.49. The number of anilines is 1. The lowest BCUT2D eigenvalue weighted by Crippen LogP contribution is -2.21. The van der Waals surface area contributed by atoms with Gasteiger partial charge in [-0.25, -0.2) is 4.98 Å². The third-order valence-electron chi connectivity index (χ3n) is 2.92. The topological polar surface area (TPSA) is 63.8 Å². The summed E-state index contributed by atoms with van der Waals surface area (Å²) >= 11 is 0. The Kier molecular flexibility index (Phi) is 3.58. The van der Waals surface area contributed by atoms with Crippen molar-refractivity contribution < 1.29 is 0 Å². The average molecular weight is 242 g/mol. The average Bonchev–Trinajstić information content (AvgIpc) is 2.35. The molecule has 0 fully saturated rings. The lowest BCUT2D eigenvalue weighted by atomic mass is 10.0. The number of aromatic nitrogens is 2. The van der Waals surface area contributed by atoms with Gasteiger partial charge in [-0.2, -0.15) is 0 Å². The summed E-state index contributed by atoms with van der Waals surface area (Å²) in [6, 6.07) is 6.06. The first-order valence-corrected chi connectivity index (χ1v) is 5.93. The van der Waals surface area contributed by atoms with Crippen LogP contribution >= 0.6 is 0 Å². The molecule has 94 valence electrons. The molecule has 4 nitrogen and oxygen atoms in total. The Morgan fingerprint density at radius 3 is 2.61 bits per heavy atom. The second-order valence-electron chi connectivity index (χ2n) is 4.47. The van der Waals surface area contributed by atoms with Crippen LogP contribution in [0.5, 0.6) is 0 Å². The molecule has 0 saturated heterocycles. The van der Waals surface area contributed by atoms with Crippen LogP contribution in [0.25, 0.3) is 0 Å². The second-order valence-corrected chi connectivity index (χ2v) is 4.47. The van der Waals surface area contributed by atoms with Gasteiger partial charge in [-0.1, -0.05) is 0 Å². The molecule has 0 saturated carbocycles. The summed E-state index contributed by atoms with van der Waals surface area (Å²) < 4.78 is 0. The maximum absolute atomic E-state index is 5.96. The molecule has 1 atom stereocenters. The van der Waals surface area contributed by atoms with E-state index in [1.807, 2.05) is 32.3 Å². The molecule has 18 heavy (non-hydrogen) atoms. The number of rotatable bonds is 3. The summed E-state index contributed by atoms with van der Waals surface area (Å²) in [5.41, 5.74) is 10.2. The van der Waals surface area contributed by atoms with Crippen molar-refractivity contribution in [2.75, 3.05) is 12.8 Å². The van der Waals surface area contributed by atoms with Crippen LogP contribution in [0.4, 0.5) is 5.82 Å². The standard InChI is InChI=1S/C14H18N4/c1-9-4-5-17-12(7-9)13(16-3)11-6-10(2)8-18-14(11)15/h4-8,13,16H,1-3H3,(H2,15,18). The highest BCUT2D eigenvalue weighted by Crippen LogP contribution is 2.25. The molecule has 0 radical (unpaired) electrons. The van der Waals surface area contributed by atoms with Gasteiger partial charge in [0.05, 0.1) is 11.7 Å². The fourth-order valence-corrected chi connectivity index (χ4v) is 2.01. The maximum atomic E-state index is 5.96. The van der Waals surface area contributed by atoms with Crippen LogP contribution in [0.3, 0.4) is 0 Å². The molecule has 1 unspecified atom stereocenters. The number of hydrogen-bond donors (Lipinski definition) is 2. The first kappa shape index (κ1) is 12.5. The molecule has 0 bridgehead atoms. The zero-order chi connectivity index (χ0) is 13.1. The molecule has 0 aliphatic carbocycles. The molecule has 0 spiro atoms. The van der Waals surface area contributed by atoms with Gasteiger partial charge in [0.25, 0.3) is 0 Å². The molecule has 0 aliphatic heterocycles. The zero-order valence-electron chi connectivity index (χ0n) is 10.9. The van der Waals surface area contributed by atoms with E-state index in [0.29, 0.717) is 5.82 Å². The number of nitrogen functional groups attached to an aromatic ring is 1. The molecule has 4 heteroatoms. The van der Waals surface area contributed by atoms with Crippen molar-refractivity contribution >= 4 is 5.82 Å². The Morgan fingerprint density at radius 2 is 1.94 bits per heavy atom. The van der Waals surface area contributed by atoms with Gasteiger partial charge in [0, 0.05) is 18.0 Å². The summed E-state index contributed by atoms with van der Waals surface area (Å²) in [7, 11) is 1.90. The Morgan fingerprint density at radius 1 is 1.17 bits per heavy atom. The number of aryl methyl sites for hydroxylation is 2. The van der Waals surface area contributed by atoms with E-state index in [0.717, 1.165) is 16.8 Å².